The molecule has 0 saturated carbocycles. The predicted molar refractivity (Wildman–Crippen MR) is 58.8 cm³/mol. The van der Waals surface area contributed by atoms with Gasteiger partial charge < -0.3 is 9.90 Å². The molecule has 0 bridgehead atoms. The second-order valence-electron chi connectivity index (χ2n) is 3.84. The molecule has 1 aliphatic rings. The Kier molecular flexibility index (Phi) is 3.19. The van der Waals surface area contributed by atoms with E-state index in [4.69, 9.17) is 0 Å². The van der Waals surface area contributed by atoms with Gasteiger partial charge in [-0.3, -0.25) is 4.99 Å². The first kappa shape index (κ1) is 10.7. The van der Waals surface area contributed by atoms with Gasteiger partial charge in [0.2, 0.25) is 5.84 Å². The van der Waals surface area contributed by atoms with Crippen LogP contribution in [-0.4, -0.2) is 18.3 Å². The van der Waals surface area contributed by atoms with E-state index < -0.39 is 5.97 Å². The molecule has 4 nitrogen and oxygen atoms in total. The second-order valence-corrected chi connectivity index (χ2v) is 3.84. The van der Waals surface area contributed by atoms with Gasteiger partial charge in [0.1, 0.15) is 12.2 Å². The van der Waals surface area contributed by atoms with Gasteiger partial charge >= 0.3 is 0 Å². The van der Waals surface area contributed by atoms with Crippen LogP contribution >= 0.6 is 0 Å². The smallest absolute Gasteiger partial charge is 0.247 e. The van der Waals surface area contributed by atoms with E-state index in [2.05, 4.69) is 16.4 Å². The fraction of sp³-hybridized carbons (Fsp3) is 0.333. The lowest BCUT2D eigenvalue weighted by atomic mass is 10.1. The summed E-state index contributed by atoms with van der Waals surface area (Å²) in [7, 11) is 0. The highest BCUT2D eigenvalue weighted by Gasteiger charge is 2.15. The van der Waals surface area contributed by atoms with Crippen LogP contribution in [0.1, 0.15) is 18.4 Å². The minimum atomic E-state index is -1.09. The van der Waals surface area contributed by atoms with Gasteiger partial charge in [-0.25, -0.2) is 5.32 Å². The normalized spacial score (nSPS) is 17.4. The first-order chi connectivity index (χ1) is 7.75. The number of carboxylic acids is 1. The van der Waals surface area contributed by atoms with E-state index in [0.717, 1.165) is 30.8 Å². The lowest BCUT2D eigenvalue weighted by Gasteiger charge is -2.02. The Morgan fingerprint density at radius 2 is 2.19 bits per heavy atom. The summed E-state index contributed by atoms with van der Waals surface area (Å²) in [5, 5.41) is 13.6. The van der Waals surface area contributed by atoms with Crippen molar-refractivity contribution in [1.82, 2.24) is 0 Å². The maximum atomic E-state index is 10.4. The SMILES string of the molecule is O=C([O-])C[NH+]=C1CCCc2ccccc2N1. The third-order valence-electron chi connectivity index (χ3n) is 2.62. The number of hydrogen-bond donors (Lipinski definition) is 2. The van der Waals surface area contributed by atoms with Gasteiger partial charge in [-0.2, -0.15) is 0 Å². The van der Waals surface area contributed by atoms with Gasteiger partial charge in [-0.05, 0) is 24.5 Å². The number of rotatable bonds is 2. The molecule has 2 N–H and O–H groups in total. The first-order valence-corrected chi connectivity index (χ1v) is 5.40. The standard InChI is InChI=1S/C12H14N2O2/c15-12(16)8-13-11-7-3-5-9-4-1-2-6-10(9)14-11/h1-2,4,6H,3,5,7-8H2,(H,13,14)(H,15,16). The number of fused-ring (bicyclic) bond motifs is 1. The average Bonchev–Trinajstić information content (AvgIpc) is 2.47. The molecule has 0 amide bonds. The van der Waals surface area contributed by atoms with Crippen molar-refractivity contribution in [2.24, 2.45) is 0 Å². The molecule has 0 aromatic heterocycles. The number of carbonyl (C=O) groups excluding carboxylic acids is 1. The summed E-state index contributed by atoms with van der Waals surface area (Å²) >= 11 is 0. The van der Waals surface area contributed by atoms with Crippen molar-refractivity contribution in [2.75, 3.05) is 11.9 Å². The van der Waals surface area contributed by atoms with Crippen molar-refractivity contribution in [3.05, 3.63) is 29.8 Å². The van der Waals surface area contributed by atoms with E-state index in [-0.39, 0.29) is 6.54 Å². The van der Waals surface area contributed by atoms with Crippen LogP contribution in [0.15, 0.2) is 24.3 Å². The highest BCUT2D eigenvalue weighted by molar-refractivity contribution is 5.92. The number of aliphatic carboxylic acids is 1. The van der Waals surface area contributed by atoms with Gasteiger partial charge in [0.25, 0.3) is 0 Å². The zero-order valence-electron chi connectivity index (χ0n) is 8.95. The zero-order chi connectivity index (χ0) is 11.4. The van der Waals surface area contributed by atoms with E-state index in [9.17, 15) is 9.90 Å². The van der Waals surface area contributed by atoms with Crippen LogP contribution in [0.4, 0.5) is 5.69 Å². The Hall–Kier alpha value is -1.84. The molecule has 0 atom stereocenters. The second kappa shape index (κ2) is 4.79. The molecular weight excluding hydrogens is 204 g/mol. The molecule has 84 valence electrons. The summed E-state index contributed by atoms with van der Waals surface area (Å²) in [6, 6.07) is 8.07. The number of carboxylic acid groups (broad SMARTS) is 1. The molecular formula is C12H14N2O2. The third kappa shape index (κ3) is 2.59. The summed E-state index contributed by atoms with van der Waals surface area (Å²) in [4.78, 5) is 13.2. The van der Waals surface area contributed by atoms with Gasteiger partial charge in [-0.1, -0.05) is 18.2 Å². The maximum Gasteiger partial charge on any atom is 0.247 e. The Labute approximate surface area is 94.0 Å². The monoisotopic (exact) mass is 218 g/mol. The van der Waals surface area contributed by atoms with E-state index in [1.54, 1.807) is 0 Å². The fourth-order valence-corrected chi connectivity index (χ4v) is 1.85. The quantitative estimate of drug-likeness (QED) is 0.646. The van der Waals surface area contributed by atoms with Crippen molar-refractivity contribution < 1.29 is 14.9 Å². The largest absolute Gasteiger partial charge is 0.546 e. The summed E-state index contributed by atoms with van der Waals surface area (Å²) in [6.07, 6.45) is 2.86. The first-order valence-electron chi connectivity index (χ1n) is 5.40. The Bertz CT molecular complexity index is 427. The van der Waals surface area contributed by atoms with E-state index in [0.29, 0.717) is 0 Å². The summed E-state index contributed by atoms with van der Waals surface area (Å²) in [6.45, 7) is -0.148. The van der Waals surface area contributed by atoms with Crippen LogP contribution in [0.5, 0.6) is 0 Å². The molecule has 0 aliphatic carbocycles. The van der Waals surface area contributed by atoms with Crippen LogP contribution < -0.4 is 15.4 Å². The Morgan fingerprint density at radius 3 is 3.00 bits per heavy atom. The van der Waals surface area contributed by atoms with E-state index in [1.165, 1.54) is 5.56 Å². The predicted octanol–water partition coefficient (Wildman–Crippen LogP) is -1.34. The molecule has 0 spiro atoms. The molecule has 16 heavy (non-hydrogen) atoms. The maximum absolute atomic E-state index is 10.4. The lowest BCUT2D eigenvalue weighted by molar-refractivity contribution is -0.465. The van der Waals surface area contributed by atoms with Crippen molar-refractivity contribution in [1.29, 1.82) is 0 Å². The van der Waals surface area contributed by atoms with Gasteiger partial charge in [0.15, 0.2) is 0 Å². The lowest BCUT2D eigenvalue weighted by Crippen LogP contribution is -2.78. The van der Waals surface area contributed by atoms with Crippen LogP contribution in [0.3, 0.4) is 0 Å². The minimum Gasteiger partial charge on any atom is -0.546 e. The molecule has 0 saturated heterocycles. The fourth-order valence-electron chi connectivity index (χ4n) is 1.85. The van der Waals surface area contributed by atoms with E-state index >= 15 is 0 Å². The molecule has 2 rings (SSSR count). The number of para-hydroxylation sites is 1. The Morgan fingerprint density at radius 1 is 1.38 bits per heavy atom. The molecule has 1 heterocycles. The third-order valence-corrected chi connectivity index (χ3v) is 2.62. The molecule has 0 fully saturated rings. The molecule has 0 radical (unpaired) electrons. The van der Waals surface area contributed by atoms with Crippen molar-refractivity contribution in [3.8, 4) is 0 Å². The van der Waals surface area contributed by atoms with Crippen molar-refractivity contribution in [3.63, 3.8) is 0 Å². The zero-order valence-corrected chi connectivity index (χ0v) is 8.95. The molecule has 0 unspecified atom stereocenters. The highest BCUT2D eigenvalue weighted by atomic mass is 16.4. The number of anilines is 1. The molecule has 1 aromatic carbocycles. The van der Waals surface area contributed by atoms with Crippen LogP contribution in [0.25, 0.3) is 0 Å². The number of nitrogens with one attached hydrogen (secondary N) is 2. The Balaban J connectivity index is 2.16. The number of hydrogen-bond acceptors (Lipinski definition) is 2. The topological polar surface area (TPSA) is 66.1 Å². The van der Waals surface area contributed by atoms with Gasteiger partial charge in [0.05, 0.1) is 5.97 Å². The summed E-state index contributed by atoms with van der Waals surface area (Å²) in [5.41, 5.74) is 2.33. The molecule has 1 aromatic rings. The van der Waals surface area contributed by atoms with Crippen LogP contribution in [-0.2, 0) is 11.2 Å². The number of aryl methyl sites for hydroxylation is 1. The van der Waals surface area contributed by atoms with Gasteiger partial charge in [-0.15, -0.1) is 0 Å². The summed E-state index contributed by atoms with van der Waals surface area (Å²) in [5.74, 6) is -0.235. The average molecular weight is 218 g/mol. The number of carbonyl (C=O) groups is 1. The van der Waals surface area contributed by atoms with E-state index in [1.807, 2.05) is 18.2 Å². The molecule has 1 aliphatic heterocycles. The van der Waals surface area contributed by atoms with Gasteiger partial charge in [0, 0.05) is 6.42 Å². The van der Waals surface area contributed by atoms with Crippen LogP contribution in [0.2, 0.25) is 0 Å². The summed E-state index contributed by atoms with van der Waals surface area (Å²) < 4.78 is 0. The van der Waals surface area contributed by atoms with Crippen molar-refractivity contribution >= 4 is 17.5 Å². The van der Waals surface area contributed by atoms with Crippen molar-refractivity contribution in [2.45, 2.75) is 19.3 Å². The highest BCUT2D eigenvalue weighted by Crippen LogP contribution is 2.20. The molecule has 4 heteroatoms. The number of amidine groups is 1. The minimum absolute atomic E-state index is 0.148. The van der Waals surface area contributed by atoms with Crippen LogP contribution in [0, 0.1) is 0 Å². The number of benzene rings is 1.